The number of benzene rings is 1. The first-order chi connectivity index (χ1) is 17.9. The molecule has 0 bridgehead atoms. The van der Waals surface area contributed by atoms with E-state index in [9.17, 15) is 4.79 Å². The van der Waals surface area contributed by atoms with Gasteiger partial charge in [-0.3, -0.25) is 9.78 Å². The van der Waals surface area contributed by atoms with E-state index in [2.05, 4.69) is 60.8 Å². The number of hydrogen-bond donors (Lipinski definition) is 0. The maximum absolute atomic E-state index is 12.9. The summed E-state index contributed by atoms with van der Waals surface area (Å²) in [4.78, 5) is 26.5. The fourth-order valence-electron chi connectivity index (χ4n) is 5.47. The van der Waals surface area contributed by atoms with Gasteiger partial charge in [0.25, 0.3) is 0 Å². The standard InChI is InChI=1S/C30H32BrClN4O/c1-3-6-29(37)22-15-21-16-25(32)28(17-27(21)36(19-22)24-10-12-30(31)34-18-24)35-14-5-8-23(35)9-11-26-20(2)7-4-13-33-26/h4,7,10,12-13,16-19,23H,3,5-6,8-9,11,14-15H2,1-2H3. The summed E-state index contributed by atoms with van der Waals surface area (Å²) in [6, 6.07) is 12.8. The average Bonchev–Trinajstić information content (AvgIpc) is 3.36. The maximum Gasteiger partial charge on any atom is 0.160 e. The highest BCUT2D eigenvalue weighted by atomic mass is 79.9. The molecule has 1 unspecified atom stereocenters. The van der Waals surface area contributed by atoms with Crippen LogP contribution in [0.3, 0.4) is 0 Å². The Bertz CT molecular complexity index is 1320. The molecule has 4 heterocycles. The molecule has 37 heavy (non-hydrogen) atoms. The van der Waals surface area contributed by atoms with Crippen molar-refractivity contribution < 1.29 is 4.79 Å². The van der Waals surface area contributed by atoms with Crippen LogP contribution in [0.4, 0.5) is 17.1 Å². The predicted molar refractivity (Wildman–Crippen MR) is 155 cm³/mol. The van der Waals surface area contributed by atoms with Gasteiger partial charge in [0, 0.05) is 49.1 Å². The largest absolute Gasteiger partial charge is 0.367 e. The highest BCUT2D eigenvalue weighted by Gasteiger charge is 2.30. The normalized spacial score (nSPS) is 17.1. The third-order valence-corrected chi connectivity index (χ3v) is 8.19. The van der Waals surface area contributed by atoms with Crippen molar-refractivity contribution in [3.63, 3.8) is 0 Å². The van der Waals surface area contributed by atoms with E-state index < -0.39 is 0 Å². The zero-order valence-electron chi connectivity index (χ0n) is 21.4. The number of rotatable bonds is 8. The first-order valence-electron chi connectivity index (χ1n) is 13.1. The molecule has 1 fully saturated rings. The number of halogens is 2. The van der Waals surface area contributed by atoms with Gasteiger partial charge in [-0.05, 0) is 96.4 Å². The SMILES string of the molecule is CCCC(=O)C1=CN(c2ccc(Br)nc2)c2cc(N3CCCC3CCc3ncccc3C)c(Cl)cc2C1. The Balaban J connectivity index is 1.48. The fraction of sp³-hybridized carbons (Fsp3) is 0.367. The Morgan fingerprint density at radius 3 is 2.81 bits per heavy atom. The molecule has 2 aromatic heterocycles. The Morgan fingerprint density at radius 1 is 1.19 bits per heavy atom. The van der Waals surface area contributed by atoms with Gasteiger partial charge in [-0.2, -0.15) is 0 Å². The number of aromatic nitrogens is 2. The van der Waals surface area contributed by atoms with Gasteiger partial charge in [0.2, 0.25) is 0 Å². The number of ketones is 1. The van der Waals surface area contributed by atoms with Crippen LogP contribution in [0.5, 0.6) is 0 Å². The Morgan fingerprint density at radius 2 is 2.05 bits per heavy atom. The molecule has 1 atom stereocenters. The lowest BCUT2D eigenvalue weighted by molar-refractivity contribution is -0.115. The summed E-state index contributed by atoms with van der Waals surface area (Å²) in [6.07, 6.45) is 12.0. The minimum absolute atomic E-state index is 0.188. The van der Waals surface area contributed by atoms with Gasteiger partial charge in [0.1, 0.15) is 4.60 Å². The van der Waals surface area contributed by atoms with Crippen LogP contribution >= 0.6 is 27.5 Å². The van der Waals surface area contributed by atoms with E-state index in [0.717, 1.165) is 76.5 Å². The highest BCUT2D eigenvalue weighted by molar-refractivity contribution is 9.10. The second kappa shape index (κ2) is 11.4. The third kappa shape index (κ3) is 5.60. The first-order valence-corrected chi connectivity index (χ1v) is 14.3. The monoisotopic (exact) mass is 578 g/mol. The molecule has 1 saturated heterocycles. The second-order valence-electron chi connectivity index (χ2n) is 9.94. The molecule has 0 saturated carbocycles. The lowest BCUT2D eigenvalue weighted by Crippen LogP contribution is -2.30. The zero-order chi connectivity index (χ0) is 25.9. The molecule has 2 aliphatic heterocycles. The van der Waals surface area contributed by atoms with E-state index in [1.54, 1.807) is 0 Å². The van der Waals surface area contributed by atoms with Crippen LogP contribution in [0, 0.1) is 6.92 Å². The second-order valence-corrected chi connectivity index (χ2v) is 11.2. The molecule has 0 aliphatic carbocycles. The van der Waals surface area contributed by atoms with Crippen molar-refractivity contribution in [2.24, 2.45) is 0 Å². The van der Waals surface area contributed by atoms with Crippen LogP contribution in [0.1, 0.15) is 55.8 Å². The van der Waals surface area contributed by atoms with Crippen LogP contribution in [-0.4, -0.2) is 28.3 Å². The number of carbonyl (C=O) groups is 1. The number of anilines is 3. The molecule has 3 aromatic rings. The molecule has 0 spiro atoms. The van der Waals surface area contributed by atoms with Crippen molar-refractivity contribution in [1.82, 2.24) is 9.97 Å². The van der Waals surface area contributed by atoms with Gasteiger partial charge in [-0.25, -0.2) is 4.98 Å². The summed E-state index contributed by atoms with van der Waals surface area (Å²) in [5.41, 5.74) is 7.34. The lowest BCUT2D eigenvalue weighted by Gasteiger charge is -2.33. The summed E-state index contributed by atoms with van der Waals surface area (Å²) in [5.74, 6) is 0.188. The number of nitrogens with zero attached hydrogens (tertiary/aromatic N) is 4. The molecule has 1 aromatic carbocycles. The number of allylic oxidation sites excluding steroid dienone is 1. The van der Waals surface area contributed by atoms with Crippen molar-refractivity contribution in [3.05, 3.63) is 87.0 Å². The van der Waals surface area contributed by atoms with E-state index in [0.29, 0.717) is 18.9 Å². The topological polar surface area (TPSA) is 49.3 Å². The average molecular weight is 580 g/mol. The molecule has 192 valence electrons. The van der Waals surface area contributed by atoms with E-state index >= 15 is 0 Å². The number of fused-ring (bicyclic) bond motifs is 1. The minimum atomic E-state index is 0.188. The summed E-state index contributed by atoms with van der Waals surface area (Å²) in [6.45, 7) is 5.16. The molecule has 0 N–H and O–H groups in total. The van der Waals surface area contributed by atoms with Gasteiger partial charge in [-0.1, -0.05) is 24.6 Å². The van der Waals surface area contributed by atoms with E-state index in [-0.39, 0.29) is 5.78 Å². The molecule has 2 aliphatic rings. The smallest absolute Gasteiger partial charge is 0.160 e. The van der Waals surface area contributed by atoms with Crippen molar-refractivity contribution in [3.8, 4) is 0 Å². The van der Waals surface area contributed by atoms with Crippen molar-refractivity contribution >= 4 is 50.4 Å². The van der Waals surface area contributed by atoms with Crippen LogP contribution in [-0.2, 0) is 17.6 Å². The summed E-state index contributed by atoms with van der Waals surface area (Å²) >= 11 is 10.4. The maximum atomic E-state index is 12.9. The zero-order valence-corrected chi connectivity index (χ0v) is 23.7. The van der Waals surface area contributed by atoms with Crippen LogP contribution in [0.25, 0.3) is 0 Å². The van der Waals surface area contributed by atoms with Gasteiger partial charge in [0.05, 0.1) is 28.3 Å². The highest BCUT2D eigenvalue weighted by Crippen LogP contribution is 2.43. The quantitative estimate of drug-likeness (QED) is 0.255. The van der Waals surface area contributed by atoms with Gasteiger partial charge < -0.3 is 9.80 Å². The summed E-state index contributed by atoms with van der Waals surface area (Å²) in [7, 11) is 0. The van der Waals surface area contributed by atoms with E-state index in [1.807, 2.05) is 43.7 Å². The molecule has 0 radical (unpaired) electrons. The fourth-order valence-corrected chi connectivity index (χ4v) is 6.00. The number of Topliss-reactive ketones (excluding diaryl/α,β-unsaturated/α-hetero) is 1. The van der Waals surface area contributed by atoms with Crippen molar-refractivity contribution in [2.75, 3.05) is 16.3 Å². The summed E-state index contributed by atoms with van der Waals surface area (Å²) in [5, 5.41) is 0.748. The Hall–Kier alpha value is -2.70. The van der Waals surface area contributed by atoms with E-state index in [4.69, 9.17) is 11.6 Å². The van der Waals surface area contributed by atoms with Crippen molar-refractivity contribution in [1.29, 1.82) is 0 Å². The van der Waals surface area contributed by atoms with Crippen LogP contribution in [0.15, 0.2) is 65.2 Å². The molecule has 5 rings (SSSR count). The van der Waals surface area contributed by atoms with Crippen LogP contribution in [0.2, 0.25) is 5.02 Å². The van der Waals surface area contributed by atoms with Gasteiger partial charge in [-0.15, -0.1) is 0 Å². The summed E-state index contributed by atoms with van der Waals surface area (Å²) < 4.78 is 0.777. The number of pyridine rings is 2. The molecule has 0 amide bonds. The number of hydrogen-bond acceptors (Lipinski definition) is 5. The third-order valence-electron chi connectivity index (χ3n) is 7.42. The number of aryl methyl sites for hydroxylation is 2. The molecular formula is C30H32BrClN4O. The lowest BCUT2D eigenvalue weighted by atomic mass is 9.94. The minimum Gasteiger partial charge on any atom is -0.367 e. The van der Waals surface area contributed by atoms with Gasteiger partial charge >= 0.3 is 0 Å². The van der Waals surface area contributed by atoms with Crippen molar-refractivity contribution in [2.45, 2.75) is 64.8 Å². The van der Waals surface area contributed by atoms with E-state index in [1.165, 1.54) is 11.3 Å². The number of carbonyl (C=O) groups excluding carboxylic acids is 1. The molecule has 7 heteroatoms. The molecule has 5 nitrogen and oxygen atoms in total. The van der Waals surface area contributed by atoms with Gasteiger partial charge in [0.15, 0.2) is 5.78 Å². The van der Waals surface area contributed by atoms with Crippen LogP contribution < -0.4 is 9.80 Å². The Kier molecular flexibility index (Phi) is 7.96. The Labute approximate surface area is 232 Å². The predicted octanol–water partition coefficient (Wildman–Crippen LogP) is 7.75. The molecular weight excluding hydrogens is 548 g/mol. The first kappa shape index (κ1) is 25.9.